The van der Waals surface area contributed by atoms with Crippen LogP contribution in [0, 0.1) is 0 Å². The van der Waals surface area contributed by atoms with Crippen LogP contribution >= 0.6 is 0 Å². The van der Waals surface area contributed by atoms with Crippen molar-refractivity contribution in [1.82, 2.24) is 14.7 Å². The van der Waals surface area contributed by atoms with Gasteiger partial charge in [0.2, 0.25) is 0 Å². The van der Waals surface area contributed by atoms with Crippen molar-refractivity contribution in [2.24, 2.45) is 0 Å². The molecule has 1 atom stereocenters. The van der Waals surface area contributed by atoms with E-state index in [2.05, 4.69) is 52.8 Å². The number of furan rings is 1. The highest BCUT2D eigenvalue weighted by Crippen LogP contribution is 2.28. The van der Waals surface area contributed by atoms with E-state index in [0.717, 1.165) is 38.4 Å². The van der Waals surface area contributed by atoms with Gasteiger partial charge in [-0.25, -0.2) is 0 Å². The van der Waals surface area contributed by atoms with E-state index in [4.69, 9.17) is 4.42 Å². The predicted octanol–water partition coefficient (Wildman–Crippen LogP) is 3.69. The number of benzene rings is 1. The Morgan fingerprint density at radius 1 is 1.03 bits per heavy atom. The number of hydrogen-bond acceptors (Lipinski definition) is 5. The van der Waals surface area contributed by atoms with Crippen molar-refractivity contribution in [1.29, 1.82) is 0 Å². The summed E-state index contributed by atoms with van der Waals surface area (Å²) in [5.74, 6) is 0.938. The van der Waals surface area contributed by atoms with E-state index in [0.29, 0.717) is 18.1 Å². The second kappa shape index (κ2) is 10.1. The zero-order valence-electron chi connectivity index (χ0n) is 18.5. The van der Waals surface area contributed by atoms with E-state index < -0.39 is 0 Å². The summed E-state index contributed by atoms with van der Waals surface area (Å²) in [6, 6.07) is 14.3. The van der Waals surface area contributed by atoms with Gasteiger partial charge in [0, 0.05) is 56.5 Å². The van der Waals surface area contributed by atoms with Crippen LogP contribution in [-0.2, 0) is 6.54 Å². The topological polar surface area (TPSA) is 43.1 Å². The molecule has 0 amide bonds. The third-order valence-corrected chi connectivity index (χ3v) is 6.97. The van der Waals surface area contributed by atoms with E-state index >= 15 is 0 Å². The smallest absolute Gasteiger partial charge is 0.134 e. The molecule has 2 saturated heterocycles. The summed E-state index contributed by atoms with van der Waals surface area (Å²) in [7, 11) is 0. The molecule has 1 aromatic heterocycles. The molecule has 0 saturated carbocycles. The first kappa shape index (κ1) is 21.6. The molecular formula is C25H37N3O2. The lowest BCUT2D eigenvalue weighted by Gasteiger charge is -2.48. The zero-order chi connectivity index (χ0) is 20.9. The van der Waals surface area contributed by atoms with Crippen molar-refractivity contribution in [3.8, 4) is 11.3 Å². The van der Waals surface area contributed by atoms with Crippen molar-refractivity contribution >= 4 is 0 Å². The number of hydrogen-bond donors (Lipinski definition) is 1. The van der Waals surface area contributed by atoms with E-state index in [1.807, 2.05) is 12.1 Å². The molecule has 2 aliphatic heterocycles. The normalized spacial score (nSPS) is 22.7. The predicted molar refractivity (Wildman–Crippen MR) is 121 cm³/mol. The molecule has 0 bridgehead atoms. The summed E-state index contributed by atoms with van der Waals surface area (Å²) >= 11 is 0. The minimum Gasteiger partial charge on any atom is -0.464 e. The first-order chi connectivity index (χ1) is 14.7. The van der Waals surface area contributed by atoms with Crippen LogP contribution in [0.2, 0.25) is 0 Å². The molecule has 30 heavy (non-hydrogen) atoms. The second-order valence-corrected chi connectivity index (χ2v) is 9.13. The molecule has 0 spiro atoms. The van der Waals surface area contributed by atoms with E-state index in [1.165, 1.54) is 37.1 Å². The largest absolute Gasteiger partial charge is 0.464 e. The molecule has 4 rings (SSSR count). The summed E-state index contributed by atoms with van der Waals surface area (Å²) in [6.45, 7) is 11.4. The minimum atomic E-state index is 0.267. The summed E-state index contributed by atoms with van der Waals surface area (Å²) in [5.41, 5.74) is 2.50. The van der Waals surface area contributed by atoms with Gasteiger partial charge < -0.3 is 14.4 Å². The Labute approximate surface area is 181 Å². The van der Waals surface area contributed by atoms with Crippen molar-refractivity contribution in [3.63, 3.8) is 0 Å². The monoisotopic (exact) mass is 411 g/mol. The average molecular weight is 412 g/mol. The Morgan fingerprint density at radius 2 is 1.83 bits per heavy atom. The van der Waals surface area contributed by atoms with Crippen LogP contribution in [0.5, 0.6) is 0 Å². The fraction of sp³-hybridized carbons (Fsp3) is 0.600. The number of aliphatic hydroxyl groups excluding tert-OH is 1. The van der Waals surface area contributed by atoms with Gasteiger partial charge in [0.05, 0.1) is 6.26 Å². The molecule has 2 aliphatic rings. The summed E-state index contributed by atoms with van der Waals surface area (Å²) in [6.07, 6.45) is 5.11. The van der Waals surface area contributed by atoms with E-state index in [-0.39, 0.29) is 6.61 Å². The van der Waals surface area contributed by atoms with Crippen LogP contribution in [0.3, 0.4) is 0 Å². The molecule has 5 heteroatoms. The lowest BCUT2D eigenvalue weighted by Crippen LogP contribution is -2.58. The van der Waals surface area contributed by atoms with Crippen molar-refractivity contribution in [2.75, 3.05) is 39.3 Å². The molecule has 0 unspecified atom stereocenters. The standard InChI is InChI=1S/C25H37N3O2/c1-20(2)27-12-9-22(10-13-27)28-15-14-26(19-23(28)11-16-29)18-21-6-3-4-7-24(21)25-8-5-17-30-25/h3-8,17,20,22-23,29H,9-16,18-19H2,1-2H3/t23-/m1/s1. The van der Waals surface area contributed by atoms with Crippen LogP contribution in [-0.4, -0.2) is 77.3 Å². The maximum atomic E-state index is 9.73. The number of piperazine rings is 1. The Hall–Kier alpha value is -1.66. The van der Waals surface area contributed by atoms with Gasteiger partial charge in [-0.15, -0.1) is 0 Å². The van der Waals surface area contributed by atoms with Crippen molar-refractivity contribution in [2.45, 2.75) is 57.8 Å². The molecule has 164 valence electrons. The maximum Gasteiger partial charge on any atom is 0.134 e. The van der Waals surface area contributed by atoms with Crippen molar-refractivity contribution < 1.29 is 9.52 Å². The van der Waals surface area contributed by atoms with Gasteiger partial charge in [0.1, 0.15) is 5.76 Å². The van der Waals surface area contributed by atoms with Crippen LogP contribution in [0.1, 0.15) is 38.7 Å². The SMILES string of the molecule is CC(C)N1CCC(N2CCN(Cc3ccccc3-c3ccco3)C[C@H]2CCO)CC1. The van der Waals surface area contributed by atoms with Gasteiger partial charge in [-0.3, -0.25) is 9.80 Å². The number of likely N-dealkylation sites (tertiary alicyclic amines) is 1. The maximum absolute atomic E-state index is 9.73. The fourth-order valence-corrected chi connectivity index (χ4v) is 5.27. The molecule has 3 heterocycles. The first-order valence-corrected chi connectivity index (χ1v) is 11.6. The van der Waals surface area contributed by atoms with Gasteiger partial charge >= 0.3 is 0 Å². The number of piperidine rings is 1. The van der Waals surface area contributed by atoms with E-state index in [1.54, 1.807) is 6.26 Å². The van der Waals surface area contributed by atoms with Gasteiger partial charge in [-0.1, -0.05) is 24.3 Å². The Morgan fingerprint density at radius 3 is 2.53 bits per heavy atom. The Bertz CT molecular complexity index is 768. The van der Waals surface area contributed by atoms with Crippen LogP contribution in [0.25, 0.3) is 11.3 Å². The third-order valence-electron chi connectivity index (χ3n) is 6.97. The van der Waals surface area contributed by atoms with Crippen molar-refractivity contribution in [3.05, 3.63) is 48.2 Å². The first-order valence-electron chi connectivity index (χ1n) is 11.6. The molecular weight excluding hydrogens is 374 g/mol. The van der Waals surface area contributed by atoms with Crippen LogP contribution in [0.4, 0.5) is 0 Å². The molecule has 2 aromatic rings. The zero-order valence-corrected chi connectivity index (χ0v) is 18.5. The molecule has 0 radical (unpaired) electrons. The number of rotatable bonds is 7. The summed E-state index contributed by atoms with van der Waals surface area (Å²) < 4.78 is 5.67. The highest BCUT2D eigenvalue weighted by Gasteiger charge is 2.34. The Balaban J connectivity index is 1.41. The summed E-state index contributed by atoms with van der Waals surface area (Å²) in [4.78, 5) is 7.87. The quantitative estimate of drug-likeness (QED) is 0.753. The highest BCUT2D eigenvalue weighted by atomic mass is 16.3. The van der Waals surface area contributed by atoms with Gasteiger partial charge in [0.25, 0.3) is 0 Å². The lowest BCUT2D eigenvalue weighted by atomic mass is 9.97. The lowest BCUT2D eigenvalue weighted by molar-refractivity contribution is 0.00000345. The molecule has 1 aromatic carbocycles. The van der Waals surface area contributed by atoms with Gasteiger partial charge in [-0.2, -0.15) is 0 Å². The highest BCUT2D eigenvalue weighted by molar-refractivity contribution is 5.61. The fourth-order valence-electron chi connectivity index (χ4n) is 5.27. The third kappa shape index (κ3) is 4.97. The molecule has 0 aliphatic carbocycles. The minimum absolute atomic E-state index is 0.267. The molecule has 2 fully saturated rings. The molecule has 5 nitrogen and oxygen atoms in total. The van der Waals surface area contributed by atoms with Gasteiger partial charge in [0.15, 0.2) is 0 Å². The summed E-state index contributed by atoms with van der Waals surface area (Å²) in [5, 5.41) is 9.73. The number of nitrogens with zero attached hydrogens (tertiary/aromatic N) is 3. The van der Waals surface area contributed by atoms with E-state index in [9.17, 15) is 5.11 Å². The van der Waals surface area contributed by atoms with Crippen LogP contribution in [0.15, 0.2) is 47.1 Å². The Kier molecular flexibility index (Phi) is 7.26. The van der Waals surface area contributed by atoms with Crippen LogP contribution < -0.4 is 0 Å². The average Bonchev–Trinajstić information content (AvgIpc) is 3.29. The number of aliphatic hydroxyl groups is 1. The van der Waals surface area contributed by atoms with Gasteiger partial charge in [-0.05, 0) is 63.9 Å². The second-order valence-electron chi connectivity index (χ2n) is 9.13. The molecule has 1 N–H and O–H groups in total.